The van der Waals surface area contributed by atoms with Gasteiger partial charge < -0.3 is 25.4 Å². The van der Waals surface area contributed by atoms with E-state index in [0.29, 0.717) is 25.2 Å². The molecule has 0 radical (unpaired) electrons. The number of benzene rings is 2. The number of nitrogens with one attached hydrogen (secondary N) is 1. The fraction of sp³-hybridized carbons (Fsp3) is 0.486. The number of aromatic nitrogens is 1. The number of amides is 3. The summed E-state index contributed by atoms with van der Waals surface area (Å²) in [6.07, 6.45) is 0.155. The third kappa shape index (κ3) is 9.65. The van der Waals surface area contributed by atoms with E-state index in [0.717, 1.165) is 21.1 Å². The first-order valence-corrected chi connectivity index (χ1v) is 18.7. The summed E-state index contributed by atoms with van der Waals surface area (Å²) in [4.78, 5) is 36.7. The average Bonchev–Trinajstić information content (AvgIpc) is 3.56. The predicted molar refractivity (Wildman–Crippen MR) is 190 cm³/mol. The molecule has 2 aromatic carbocycles. The normalized spacial score (nSPS) is 15.9. The Hall–Kier alpha value is -3.85. The van der Waals surface area contributed by atoms with Crippen LogP contribution in [0.1, 0.15) is 54.4 Å². The number of thiazole rings is 1. The Labute approximate surface area is 293 Å². The maximum Gasteiger partial charge on any atom is 0.321 e. The minimum absolute atomic E-state index is 0.0269. The zero-order valence-corrected chi connectivity index (χ0v) is 30.6. The van der Waals surface area contributed by atoms with E-state index in [1.54, 1.807) is 21.1 Å². The number of carbonyl (C=O) groups excluding carboxylic acids is 2. The van der Waals surface area contributed by atoms with Gasteiger partial charge in [-0.2, -0.15) is 4.31 Å². The highest BCUT2D eigenvalue weighted by Crippen LogP contribution is 2.24. The van der Waals surface area contributed by atoms with Gasteiger partial charge in [0.1, 0.15) is 6.04 Å². The Morgan fingerprint density at radius 3 is 2.31 bits per heavy atom. The smallest absolute Gasteiger partial charge is 0.321 e. The predicted octanol–water partition coefficient (Wildman–Crippen LogP) is 4.27. The lowest BCUT2D eigenvalue weighted by Crippen LogP contribution is -2.57. The van der Waals surface area contributed by atoms with Crippen LogP contribution in [0, 0.1) is 25.7 Å². The molecule has 0 aliphatic carbocycles. The highest BCUT2D eigenvalue weighted by Gasteiger charge is 2.41. The molecule has 3 aromatic rings. The van der Waals surface area contributed by atoms with Gasteiger partial charge in [0.15, 0.2) is 0 Å². The number of aryl methyl sites for hydroxylation is 2. The van der Waals surface area contributed by atoms with Gasteiger partial charge in [-0.3, -0.25) is 4.79 Å². The minimum Gasteiger partial charge on any atom is -0.411 e. The maximum atomic E-state index is 14.1. The molecule has 1 saturated heterocycles. The van der Waals surface area contributed by atoms with Gasteiger partial charge in [-0.05, 0) is 55.4 Å². The van der Waals surface area contributed by atoms with E-state index in [2.05, 4.69) is 15.5 Å². The molecule has 4 rings (SSSR count). The highest BCUT2D eigenvalue weighted by molar-refractivity contribution is 7.89. The van der Waals surface area contributed by atoms with Crippen molar-refractivity contribution in [2.24, 2.45) is 17.0 Å². The summed E-state index contributed by atoms with van der Waals surface area (Å²) in [7, 11) is -4.05. The minimum atomic E-state index is -4.05. The zero-order valence-electron chi connectivity index (χ0n) is 29.0. The number of hydrogen-bond donors (Lipinski definition) is 3. The lowest BCUT2D eigenvalue weighted by atomic mass is 9.97. The van der Waals surface area contributed by atoms with Gasteiger partial charge in [-0.15, -0.1) is 11.3 Å². The summed E-state index contributed by atoms with van der Waals surface area (Å²) >= 11 is 1.59. The van der Waals surface area contributed by atoms with Gasteiger partial charge in [0.25, 0.3) is 0 Å². The number of sulfonamides is 1. The third-order valence-electron chi connectivity index (χ3n) is 8.48. The van der Waals surface area contributed by atoms with Crippen LogP contribution in [0.25, 0.3) is 0 Å². The molecule has 2 heterocycles. The van der Waals surface area contributed by atoms with Crippen LogP contribution in [0.3, 0.4) is 0 Å². The SMILES string of the molecule is Cc1nc(CN2CCN(C(C(=O)N[C@@H](Cc3ccccc3)[C@H](O)CN(CC(C)C)S(=O)(=O)c3ccc(/C=N/O)cc3)C(C)C)C2=O)c(C)s1. The summed E-state index contributed by atoms with van der Waals surface area (Å²) in [5.74, 6) is -0.708. The maximum absolute atomic E-state index is 14.1. The second kappa shape index (κ2) is 16.7. The van der Waals surface area contributed by atoms with E-state index in [-0.39, 0.29) is 42.3 Å². The molecular weight excluding hydrogens is 665 g/mol. The molecule has 0 spiro atoms. The van der Waals surface area contributed by atoms with Crippen molar-refractivity contribution < 1.29 is 28.3 Å². The van der Waals surface area contributed by atoms with Crippen molar-refractivity contribution in [2.45, 2.75) is 77.6 Å². The van der Waals surface area contributed by atoms with Gasteiger partial charge in [-0.1, -0.05) is 75.3 Å². The number of carbonyl (C=O) groups is 2. The van der Waals surface area contributed by atoms with Crippen molar-refractivity contribution in [1.82, 2.24) is 24.4 Å². The van der Waals surface area contributed by atoms with E-state index in [1.807, 2.05) is 71.9 Å². The fourth-order valence-corrected chi connectivity index (χ4v) is 8.53. The van der Waals surface area contributed by atoms with Crippen LogP contribution in [0.5, 0.6) is 0 Å². The first kappa shape index (κ1) is 38.0. The molecule has 12 nitrogen and oxygen atoms in total. The molecular formula is C35H48N6O6S2. The Morgan fingerprint density at radius 1 is 1.06 bits per heavy atom. The third-order valence-corrected chi connectivity index (χ3v) is 11.3. The Bertz CT molecular complexity index is 1690. The van der Waals surface area contributed by atoms with E-state index in [9.17, 15) is 23.1 Å². The quantitative estimate of drug-likeness (QED) is 0.114. The van der Waals surface area contributed by atoms with E-state index < -0.39 is 34.1 Å². The fourth-order valence-electron chi connectivity index (χ4n) is 6.08. The lowest BCUT2D eigenvalue weighted by Gasteiger charge is -2.34. The standard InChI is InChI=1S/C35H48N6O6S2/c1-23(2)20-40(49(46,47)29-14-12-28(13-15-29)19-36-45)22-32(42)30(18-27-10-8-7-9-11-27)38-34(43)33(24(3)4)41-17-16-39(35(41)44)21-31-25(5)48-26(6)37-31/h7-15,19,23-24,30,32-33,42,45H,16-18,20-22H2,1-6H3,(H,38,43)/b36-19+/t30-,32+,33?/m0/s1. The second-order valence-corrected chi connectivity index (χ2v) is 16.6. The second-order valence-electron chi connectivity index (χ2n) is 13.2. The summed E-state index contributed by atoms with van der Waals surface area (Å²) in [5.41, 5.74) is 2.23. The number of nitrogens with zero attached hydrogens (tertiary/aromatic N) is 5. The molecule has 1 fully saturated rings. The van der Waals surface area contributed by atoms with Crippen LogP contribution in [-0.2, 0) is 27.8 Å². The van der Waals surface area contributed by atoms with E-state index in [4.69, 9.17) is 5.21 Å². The highest BCUT2D eigenvalue weighted by atomic mass is 32.2. The Kier molecular flexibility index (Phi) is 12.9. The molecule has 1 aromatic heterocycles. The molecule has 0 bridgehead atoms. The Morgan fingerprint density at radius 2 is 1.73 bits per heavy atom. The zero-order chi connectivity index (χ0) is 35.9. The van der Waals surface area contributed by atoms with Gasteiger partial charge in [-0.25, -0.2) is 18.2 Å². The summed E-state index contributed by atoms with van der Waals surface area (Å²) in [6, 6.07) is 13.4. The summed E-state index contributed by atoms with van der Waals surface area (Å²) in [5, 5.41) is 27.5. The molecule has 0 saturated carbocycles. The monoisotopic (exact) mass is 712 g/mol. The van der Waals surface area contributed by atoms with Crippen molar-refractivity contribution in [1.29, 1.82) is 0 Å². The number of urea groups is 1. The summed E-state index contributed by atoms with van der Waals surface area (Å²) in [6.45, 7) is 12.5. The molecule has 266 valence electrons. The average molecular weight is 713 g/mol. The number of hydrogen-bond acceptors (Lipinski definition) is 9. The van der Waals surface area contributed by atoms with Crippen molar-refractivity contribution in [2.75, 3.05) is 26.2 Å². The number of rotatable bonds is 16. The first-order chi connectivity index (χ1) is 23.2. The van der Waals surface area contributed by atoms with E-state index in [1.165, 1.54) is 34.8 Å². The first-order valence-electron chi connectivity index (χ1n) is 16.5. The topological polar surface area (TPSA) is 156 Å². The molecule has 49 heavy (non-hydrogen) atoms. The van der Waals surface area contributed by atoms with Crippen LogP contribution in [0.15, 0.2) is 64.6 Å². The van der Waals surface area contributed by atoms with Crippen molar-refractivity contribution in [3.05, 3.63) is 81.3 Å². The molecule has 3 N–H and O–H groups in total. The van der Waals surface area contributed by atoms with Crippen molar-refractivity contribution >= 4 is 39.5 Å². The molecule has 1 aliphatic heterocycles. The van der Waals surface area contributed by atoms with Gasteiger partial charge in [0.2, 0.25) is 15.9 Å². The van der Waals surface area contributed by atoms with Crippen LogP contribution < -0.4 is 5.32 Å². The van der Waals surface area contributed by atoms with Crippen LogP contribution in [0.2, 0.25) is 0 Å². The molecule has 1 unspecified atom stereocenters. The molecule has 1 aliphatic rings. The number of aliphatic hydroxyl groups excluding tert-OH is 1. The van der Waals surface area contributed by atoms with Crippen LogP contribution in [-0.4, -0.2) is 100 Å². The Balaban J connectivity index is 1.57. The molecule has 3 atom stereocenters. The number of aliphatic hydroxyl groups is 1. The summed E-state index contributed by atoms with van der Waals surface area (Å²) < 4.78 is 29.0. The van der Waals surface area contributed by atoms with E-state index >= 15 is 0 Å². The van der Waals surface area contributed by atoms with Crippen LogP contribution >= 0.6 is 11.3 Å². The largest absolute Gasteiger partial charge is 0.411 e. The number of oxime groups is 1. The molecule has 3 amide bonds. The lowest BCUT2D eigenvalue weighted by molar-refractivity contribution is -0.128. The van der Waals surface area contributed by atoms with Crippen molar-refractivity contribution in [3.8, 4) is 0 Å². The van der Waals surface area contributed by atoms with Gasteiger partial charge in [0.05, 0.1) is 40.5 Å². The van der Waals surface area contributed by atoms with Crippen LogP contribution in [0.4, 0.5) is 4.79 Å². The molecule has 14 heteroatoms. The van der Waals surface area contributed by atoms with Gasteiger partial charge in [0, 0.05) is 31.1 Å². The van der Waals surface area contributed by atoms with Crippen molar-refractivity contribution in [3.63, 3.8) is 0 Å². The van der Waals surface area contributed by atoms with Gasteiger partial charge >= 0.3 is 6.03 Å².